The van der Waals surface area contributed by atoms with Gasteiger partial charge in [-0.1, -0.05) is 28.1 Å². The Bertz CT molecular complexity index is 354. The van der Waals surface area contributed by atoms with Crippen molar-refractivity contribution in [2.75, 3.05) is 20.1 Å². The number of nitrogens with one attached hydrogen (secondary N) is 1. The van der Waals surface area contributed by atoms with E-state index in [-0.39, 0.29) is 0 Å². The van der Waals surface area contributed by atoms with Crippen LogP contribution in [-0.2, 0) is 0 Å². The fourth-order valence-corrected chi connectivity index (χ4v) is 2.77. The van der Waals surface area contributed by atoms with E-state index in [4.69, 9.17) is 0 Å². The van der Waals surface area contributed by atoms with Crippen LogP contribution in [0.25, 0.3) is 0 Å². The smallest absolute Gasteiger partial charge is 0.0320 e. The van der Waals surface area contributed by atoms with Gasteiger partial charge in [0.2, 0.25) is 0 Å². The first-order valence-corrected chi connectivity index (χ1v) is 6.67. The highest BCUT2D eigenvalue weighted by Gasteiger charge is 2.25. The van der Waals surface area contributed by atoms with E-state index in [1.807, 2.05) is 0 Å². The van der Waals surface area contributed by atoms with Crippen LogP contribution in [0.3, 0.4) is 0 Å². The summed E-state index contributed by atoms with van der Waals surface area (Å²) >= 11 is 3.53. The van der Waals surface area contributed by atoms with Gasteiger partial charge in [-0.3, -0.25) is 4.90 Å². The molecule has 2 rings (SSSR count). The lowest BCUT2D eigenvalue weighted by Gasteiger charge is -2.24. The van der Waals surface area contributed by atoms with Crippen molar-refractivity contribution in [3.05, 3.63) is 34.3 Å². The summed E-state index contributed by atoms with van der Waals surface area (Å²) in [5.74, 6) is 0. The molecule has 0 spiro atoms. The van der Waals surface area contributed by atoms with E-state index in [9.17, 15) is 0 Å². The molecule has 1 aromatic carbocycles. The summed E-state index contributed by atoms with van der Waals surface area (Å²) in [7, 11) is 2.05. The number of likely N-dealkylation sites (tertiary alicyclic amines) is 1. The topological polar surface area (TPSA) is 15.3 Å². The second-order valence-electron chi connectivity index (χ2n) is 4.50. The molecule has 1 fully saturated rings. The van der Waals surface area contributed by atoms with Gasteiger partial charge in [0, 0.05) is 29.6 Å². The summed E-state index contributed by atoms with van der Waals surface area (Å²) < 4.78 is 1.17. The van der Waals surface area contributed by atoms with Crippen molar-refractivity contribution in [2.45, 2.75) is 25.4 Å². The Kier molecular flexibility index (Phi) is 4.00. The van der Waals surface area contributed by atoms with Crippen molar-refractivity contribution in [3.8, 4) is 0 Å². The van der Waals surface area contributed by atoms with Crippen LogP contribution in [0.4, 0.5) is 0 Å². The number of rotatable bonds is 3. The Morgan fingerprint density at radius 2 is 2.31 bits per heavy atom. The van der Waals surface area contributed by atoms with Crippen LogP contribution in [0.15, 0.2) is 28.7 Å². The summed E-state index contributed by atoms with van der Waals surface area (Å²) in [6, 6.07) is 9.79. The predicted molar refractivity (Wildman–Crippen MR) is 71.6 cm³/mol. The first kappa shape index (κ1) is 12.1. The van der Waals surface area contributed by atoms with Gasteiger partial charge in [-0.15, -0.1) is 0 Å². The van der Waals surface area contributed by atoms with Crippen molar-refractivity contribution >= 4 is 15.9 Å². The highest BCUT2D eigenvalue weighted by molar-refractivity contribution is 9.10. The lowest BCUT2D eigenvalue weighted by Crippen LogP contribution is -2.31. The molecule has 0 aromatic heterocycles. The lowest BCUT2D eigenvalue weighted by molar-refractivity contribution is 0.257. The van der Waals surface area contributed by atoms with E-state index in [1.165, 1.54) is 23.0 Å². The zero-order chi connectivity index (χ0) is 11.5. The minimum Gasteiger partial charge on any atom is -0.316 e. The van der Waals surface area contributed by atoms with Gasteiger partial charge in [0.05, 0.1) is 0 Å². The van der Waals surface area contributed by atoms with Crippen LogP contribution in [0.1, 0.15) is 24.9 Å². The van der Waals surface area contributed by atoms with Gasteiger partial charge in [0.25, 0.3) is 0 Å². The van der Waals surface area contributed by atoms with Gasteiger partial charge in [-0.25, -0.2) is 0 Å². The first-order chi connectivity index (χ1) is 7.70. The summed E-state index contributed by atoms with van der Waals surface area (Å²) in [5.41, 5.74) is 1.39. The van der Waals surface area contributed by atoms with E-state index in [1.54, 1.807) is 0 Å². The van der Waals surface area contributed by atoms with Crippen LogP contribution in [0.2, 0.25) is 0 Å². The Balaban J connectivity index is 2.05. The number of hydrogen-bond donors (Lipinski definition) is 1. The molecular weight excluding hydrogens is 264 g/mol. The summed E-state index contributed by atoms with van der Waals surface area (Å²) in [6.07, 6.45) is 1.26. The van der Waals surface area contributed by atoms with Crippen LogP contribution in [-0.4, -0.2) is 31.1 Å². The average molecular weight is 283 g/mol. The standard InChI is InChI=1S/C13H19BrN2/c1-10(11-4-3-5-12(14)8-11)16-7-6-13(9-16)15-2/h3-5,8,10,13,15H,6-7,9H2,1-2H3. The zero-order valence-electron chi connectivity index (χ0n) is 9.91. The molecule has 0 radical (unpaired) electrons. The molecule has 16 heavy (non-hydrogen) atoms. The van der Waals surface area contributed by atoms with Gasteiger partial charge in [-0.2, -0.15) is 0 Å². The minimum atomic E-state index is 0.510. The second-order valence-corrected chi connectivity index (χ2v) is 5.42. The van der Waals surface area contributed by atoms with Gasteiger partial charge in [-0.05, 0) is 38.1 Å². The van der Waals surface area contributed by atoms with Crippen LogP contribution >= 0.6 is 15.9 Å². The molecular formula is C13H19BrN2. The summed E-state index contributed by atoms with van der Waals surface area (Å²) in [5, 5.41) is 3.36. The first-order valence-electron chi connectivity index (χ1n) is 5.87. The largest absolute Gasteiger partial charge is 0.316 e. The third kappa shape index (κ3) is 2.65. The lowest BCUT2D eigenvalue weighted by atomic mass is 10.1. The Labute approximate surface area is 106 Å². The van der Waals surface area contributed by atoms with Crippen molar-refractivity contribution in [3.63, 3.8) is 0 Å². The Hall–Kier alpha value is -0.380. The van der Waals surface area contributed by atoms with Crippen molar-refractivity contribution in [2.24, 2.45) is 0 Å². The molecule has 1 aliphatic rings. The molecule has 2 atom stereocenters. The molecule has 1 N–H and O–H groups in total. The molecule has 1 aliphatic heterocycles. The maximum atomic E-state index is 3.53. The number of benzene rings is 1. The van der Waals surface area contributed by atoms with Gasteiger partial charge >= 0.3 is 0 Å². The van der Waals surface area contributed by atoms with Crippen LogP contribution < -0.4 is 5.32 Å². The van der Waals surface area contributed by atoms with Gasteiger partial charge in [0.15, 0.2) is 0 Å². The molecule has 0 saturated carbocycles. The zero-order valence-corrected chi connectivity index (χ0v) is 11.5. The molecule has 1 saturated heterocycles. The second kappa shape index (κ2) is 5.30. The van der Waals surface area contributed by atoms with Gasteiger partial charge in [0.1, 0.15) is 0 Å². The molecule has 0 amide bonds. The van der Waals surface area contributed by atoms with Gasteiger partial charge < -0.3 is 5.32 Å². The number of likely N-dealkylation sites (N-methyl/N-ethyl adjacent to an activating group) is 1. The predicted octanol–water partition coefficient (Wildman–Crippen LogP) is 2.80. The summed E-state index contributed by atoms with van der Waals surface area (Å²) in [4.78, 5) is 2.54. The normalized spacial score (nSPS) is 23.6. The van der Waals surface area contributed by atoms with Crippen LogP contribution in [0.5, 0.6) is 0 Å². The third-order valence-electron chi connectivity index (χ3n) is 3.51. The van der Waals surface area contributed by atoms with Crippen molar-refractivity contribution < 1.29 is 0 Å². The monoisotopic (exact) mass is 282 g/mol. The van der Waals surface area contributed by atoms with E-state index in [2.05, 4.69) is 64.4 Å². The molecule has 2 unspecified atom stereocenters. The third-order valence-corrected chi connectivity index (χ3v) is 4.00. The molecule has 1 heterocycles. The quantitative estimate of drug-likeness (QED) is 0.917. The van der Waals surface area contributed by atoms with E-state index >= 15 is 0 Å². The fraction of sp³-hybridized carbons (Fsp3) is 0.538. The minimum absolute atomic E-state index is 0.510. The number of hydrogen-bond acceptors (Lipinski definition) is 2. The average Bonchev–Trinajstić information content (AvgIpc) is 2.76. The highest BCUT2D eigenvalue weighted by atomic mass is 79.9. The SMILES string of the molecule is CNC1CCN(C(C)c2cccc(Br)c2)C1. The molecule has 88 valence electrons. The van der Waals surface area contributed by atoms with E-state index in [0.717, 1.165) is 6.54 Å². The maximum Gasteiger partial charge on any atom is 0.0320 e. The fourth-order valence-electron chi connectivity index (χ4n) is 2.35. The maximum absolute atomic E-state index is 3.53. The highest BCUT2D eigenvalue weighted by Crippen LogP contribution is 2.26. The molecule has 2 nitrogen and oxygen atoms in total. The van der Waals surface area contributed by atoms with Crippen molar-refractivity contribution in [1.82, 2.24) is 10.2 Å². The van der Waals surface area contributed by atoms with Crippen molar-refractivity contribution in [1.29, 1.82) is 0 Å². The Morgan fingerprint density at radius 3 is 2.94 bits per heavy atom. The Morgan fingerprint density at radius 1 is 1.50 bits per heavy atom. The number of halogens is 1. The molecule has 0 bridgehead atoms. The number of nitrogens with zero attached hydrogens (tertiary/aromatic N) is 1. The molecule has 3 heteroatoms. The summed E-state index contributed by atoms with van der Waals surface area (Å²) in [6.45, 7) is 4.64. The van der Waals surface area contributed by atoms with E-state index in [0.29, 0.717) is 12.1 Å². The van der Waals surface area contributed by atoms with Crippen LogP contribution in [0, 0.1) is 0 Å². The molecule has 0 aliphatic carbocycles. The van der Waals surface area contributed by atoms with E-state index < -0.39 is 0 Å². The molecule has 1 aromatic rings.